The van der Waals surface area contributed by atoms with Gasteiger partial charge in [0, 0.05) is 12.0 Å². The molecule has 2 rings (SSSR count). The zero-order valence-corrected chi connectivity index (χ0v) is 12.5. The van der Waals surface area contributed by atoms with Crippen LogP contribution in [0.15, 0.2) is 34.8 Å². The molecule has 0 aromatic heterocycles. The molecule has 0 bridgehead atoms. The summed E-state index contributed by atoms with van der Waals surface area (Å²) >= 11 is 2.85. The second-order valence-corrected chi connectivity index (χ2v) is 5.08. The highest BCUT2D eigenvalue weighted by Crippen LogP contribution is 2.25. The van der Waals surface area contributed by atoms with Crippen LogP contribution in [-0.2, 0) is 6.42 Å². The van der Waals surface area contributed by atoms with E-state index in [2.05, 4.69) is 15.9 Å². The van der Waals surface area contributed by atoms with Crippen LogP contribution in [0.4, 0.5) is 13.2 Å². The van der Waals surface area contributed by atoms with Crippen LogP contribution >= 0.6 is 15.9 Å². The van der Waals surface area contributed by atoms with Crippen molar-refractivity contribution in [3.05, 3.63) is 63.4 Å². The Hall–Kier alpha value is -1.82. The zero-order valence-electron chi connectivity index (χ0n) is 10.9. The first-order chi connectivity index (χ1) is 9.93. The highest BCUT2D eigenvalue weighted by atomic mass is 79.9. The number of rotatable bonds is 4. The molecular formula is C15H10BrF3O2. The van der Waals surface area contributed by atoms with Crippen LogP contribution < -0.4 is 4.74 Å². The third-order valence-corrected chi connectivity index (χ3v) is 3.69. The Bertz CT molecular complexity index is 702. The average Bonchev–Trinajstić information content (AvgIpc) is 2.45. The van der Waals surface area contributed by atoms with Crippen molar-refractivity contribution in [2.75, 3.05) is 7.11 Å². The standard InChI is InChI=1S/C15H10BrF3O2/c1-21-13-5-2-8(6-11(13)18)7-12(20)9-3-4-10(17)15(19)14(9)16/h2-6H,7H2,1H3. The number of carbonyl (C=O) groups excluding carboxylic acids is 1. The number of hydrogen-bond donors (Lipinski definition) is 0. The van der Waals surface area contributed by atoms with Crippen molar-refractivity contribution in [3.63, 3.8) is 0 Å². The van der Waals surface area contributed by atoms with E-state index in [1.807, 2.05) is 0 Å². The summed E-state index contributed by atoms with van der Waals surface area (Å²) in [5.74, 6) is -3.15. The fourth-order valence-corrected chi connectivity index (χ4v) is 2.38. The molecule has 0 unspecified atom stereocenters. The number of ketones is 1. The second-order valence-electron chi connectivity index (χ2n) is 4.29. The van der Waals surface area contributed by atoms with Crippen molar-refractivity contribution in [2.45, 2.75) is 6.42 Å². The number of carbonyl (C=O) groups is 1. The van der Waals surface area contributed by atoms with Crippen LogP contribution in [-0.4, -0.2) is 12.9 Å². The van der Waals surface area contributed by atoms with Gasteiger partial charge in [0.25, 0.3) is 0 Å². The molecule has 0 spiro atoms. The van der Waals surface area contributed by atoms with Crippen molar-refractivity contribution in [1.82, 2.24) is 0 Å². The lowest BCUT2D eigenvalue weighted by Gasteiger charge is -2.07. The predicted octanol–water partition coefficient (Wildman–Crippen LogP) is 4.30. The zero-order chi connectivity index (χ0) is 15.6. The maximum atomic E-state index is 13.5. The average molecular weight is 359 g/mol. The molecule has 0 aliphatic heterocycles. The first kappa shape index (κ1) is 15.6. The molecule has 0 N–H and O–H groups in total. The number of ether oxygens (including phenoxy) is 1. The minimum absolute atomic E-state index is 0.00475. The summed E-state index contributed by atoms with van der Waals surface area (Å²) in [4.78, 5) is 12.1. The predicted molar refractivity (Wildman–Crippen MR) is 75.0 cm³/mol. The summed E-state index contributed by atoms with van der Waals surface area (Å²) < 4.78 is 44.5. The molecular weight excluding hydrogens is 349 g/mol. The summed E-state index contributed by atoms with van der Waals surface area (Å²) in [6.45, 7) is 0. The van der Waals surface area contributed by atoms with Gasteiger partial charge < -0.3 is 4.74 Å². The van der Waals surface area contributed by atoms with E-state index < -0.39 is 23.2 Å². The molecule has 110 valence electrons. The molecule has 2 aromatic rings. The van der Waals surface area contributed by atoms with Crippen molar-refractivity contribution in [3.8, 4) is 5.75 Å². The Labute approximate surface area is 127 Å². The van der Waals surface area contributed by atoms with Gasteiger partial charge in [-0.25, -0.2) is 13.2 Å². The maximum absolute atomic E-state index is 13.5. The Kier molecular flexibility index (Phi) is 4.67. The monoisotopic (exact) mass is 358 g/mol. The van der Waals surface area contributed by atoms with Crippen LogP contribution in [0.2, 0.25) is 0 Å². The van der Waals surface area contributed by atoms with Gasteiger partial charge in [0.15, 0.2) is 29.0 Å². The molecule has 2 aromatic carbocycles. The fraction of sp³-hybridized carbons (Fsp3) is 0.133. The molecule has 21 heavy (non-hydrogen) atoms. The summed E-state index contributed by atoms with van der Waals surface area (Å²) in [7, 11) is 1.33. The van der Waals surface area contributed by atoms with Gasteiger partial charge in [-0.2, -0.15) is 0 Å². The first-order valence-corrected chi connectivity index (χ1v) is 6.72. The Balaban J connectivity index is 2.26. The van der Waals surface area contributed by atoms with Crippen molar-refractivity contribution >= 4 is 21.7 Å². The van der Waals surface area contributed by atoms with E-state index in [-0.39, 0.29) is 22.2 Å². The number of hydrogen-bond acceptors (Lipinski definition) is 2. The highest BCUT2D eigenvalue weighted by molar-refractivity contribution is 9.10. The van der Waals surface area contributed by atoms with Gasteiger partial charge in [-0.3, -0.25) is 4.79 Å². The van der Waals surface area contributed by atoms with Crippen molar-refractivity contribution in [2.24, 2.45) is 0 Å². The van der Waals surface area contributed by atoms with E-state index in [1.165, 1.54) is 31.4 Å². The number of halogens is 4. The van der Waals surface area contributed by atoms with Gasteiger partial charge in [-0.15, -0.1) is 0 Å². The van der Waals surface area contributed by atoms with Gasteiger partial charge >= 0.3 is 0 Å². The molecule has 0 radical (unpaired) electrons. The summed E-state index contributed by atoms with van der Waals surface area (Å²) in [6, 6.07) is 6.17. The van der Waals surface area contributed by atoms with E-state index in [9.17, 15) is 18.0 Å². The SMILES string of the molecule is COc1ccc(CC(=O)c2ccc(F)c(F)c2Br)cc1F. The largest absolute Gasteiger partial charge is 0.494 e. The van der Waals surface area contributed by atoms with Gasteiger partial charge in [-0.05, 0) is 45.8 Å². The molecule has 0 fully saturated rings. The number of benzene rings is 2. The molecule has 0 saturated heterocycles. The fourth-order valence-electron chi connectivity index (χ4n) is 1.84. The van der Waals surface area contributed by atoms with Gasteiger partial charge in [0.2, 0.25) is 0 Å². The summed E-state index contributed by atoms with van der Waals surface area (Å²) in [6.07, 6.45) is -0.134. The quantitative estimate of drug-likeness (QED) is 0.601. The van der Waals surface area contributed by atoms with E-state index in [4.69, 9.17) is 4.74 Å². The molecule has 6 heteroatoms. The number of Topliss-reactive ketones (excluding diaryl/α,β-unsaturated/α-hetero) is 1. The van der Waals surface area contributed by atoms with Crippen LogP contribution in [0.5, 0.6) is 5.75 Å². The Morgan fingerprint density at radius 1 is 1.14 bits per heavy atom. The first-order valence-electron chi connectivity index (χ1n) is 5.93. The topological polar surface area (TPSA) is 26.3 Å². The van der Waals surface area contributed by atoms with Gasteiger partial charge in [-0.1, -0.05) is 6.07 Å². The normalized spacial score (nSPS) is 10.5. The molecule has 0 atom stereocenters. The van der Waals surface area contributed by atoms with Gasteiger partial charge in [0.1, 0.15) is 0 Å². The van der Waals surface area contributed by atoms with Crippen LogP contribution in [0, 0.1) is 17.5 Å². The third-order valence-electron chi connectivity index (χ3n) is 2.92. The van der Waals surface area contributed by atoms with E-state index in [0.29, 0.717) is 5.56 Å². The minimum Gasteiger partial charge on any atom is -0.494 e. The van der Waals surface area contributed by atoms with Crippen LogP contribution in [0.1, 0.15) is 15.9 Å². The van der Waals surface area contributed by atoms with E-state index in [0.717, 1.165) is 6.07 Å². The Morgan fingerprint density at radius 2 is 1.86 bits per heavy atom. The maximum Gasteiger partial charge on any atom is 0.173 e. The van der Waals surface area contributed by atoms with E-state index >= 15 is 0 Å². The van der Waals surface area contributed by atoms with Crippen molar-refractivity contribution in [1.29, 1.82) is 0 Å². The van der Waals surface area contributed by atoms with Gasteiger partial charge in [0.05, 0.1) is 11.6 Å². The minimum atomic E-state index is -1.12. The Morgan fingerprint density at radius 3 is 2.48 bits per heavy atom. The molecule has 0 aliphatic carbocycles. The van der Waals surface area contributed by atoms with Crippen molar-refractivity contribution < 1.29 is 22.7 Å². The molecule has 0 heterocycles. The highest BCUT2D eigenvalue weighted by Gasteiger charge is 2.17. The summed E-state index contributed by atoms with van der Waals surface area (Å²) in [5, 5.41) is 0. The third kappa shape index (κ3) is 3.26. The number of methoxy groups -OCH3 is 1. The van der Waals surface area contributed by atoms with E-state index in [1.54, 1.807) is 0 Å². The smallest absolute Gasteiger partial charge is 0.173 e. The molecule has 0 aliphatic rings. The lowest BCUT2D eigenvalue weighted by Crippen LogP contribution is -2.07. The van der Waals surface area contributed by atoms with Crippen LogP contribution in [0.25, 0.3) is 0 Å². The molecule has 0 amide bonds. The lowest BCUT2D eigenvalue weighted by molar-refractivity contribution is 0.0991. The molecule has 0 saturated carbocycles. The molecule has 2 nitrogen and oxygen atoms in total. The van der Waals surface area contributed by atoms with Crippen LogP contribution in [0.3, 0.4) is 0 Å². The second kappa shape index (κ2) is 6.30. The summed E-state index contributed by atoms with van der Waals surface area (Å²) in [5.41, 5.74) is 0.417. The lowest BCUT2D eigenvalue weighted by atomic mass is 10.0.